The highest BCUT2D eigenvalue weighted by molar-refractivity contribution is 5.71. The maximum absolute atomic E-state index is 13.0. The van der Waals surface area contributed by atoms with Gasteiger partial charge in [-0.3, -0.25) is 0 Å². The van der Waals surface area contributed by atoms with E-state index in [0.29, 0.717) is 0 Å². The zero-order chi connectivity index (χ0) is 11.7. The second-order valence-corrected chi connectivity index (χ2v) is 5.35. The SMILES string of the molecule is Fc1ccc(C2=C(C3CCCC3)CCC2)cc1. The van der Waals surface area contributed by atoms with Gasteiger partial charge in [-0.15, -0.1) is 0 Å². The minimum atomic E-state index is -0.130. The number of hydrogen-bond donors (Lipinski definition) is 0. The van der Waals surface area contributed by atoms with Crippen molar-refractivity contribution < 1.29 is 4.39 Å². The van der Waals surface area contributed by atoms with Gasteiger partial charge in [0.05, 0.1) is 0 Å². The van der Waals surface area contributed by atoms with Crippen LogP contribution in [0.4, 0.5) is 4.39 Å². The van der Waals surface area contributed by atoms with Gasteiger partial charge in [0, 0.05) is 0 Å². The molecule has 1 saturated carbocycles. The van der Waals surface area contributed by atoms with Gasteiger partial charge in [0.15, 0.2) is 0 Å². The maximum Gasteiger partial charge on any atom is 0.123 e. The fraction of sp³-hybridized carbons (Fsp3) is 0.500. The summed E-state index contributed by atoms with van der Waals surface area (Å²) in [7, 11) is 0. The van der Waals surface area contributed by atoms with Crippen LogP contribution in [0.1, 0.15) is 50.5 Å². The highest BCUT2D eigenvalue weighted by Crippen LogP contribution is 2.43. The molecule has 17 heavy (non-hydrogen) atoms. The van der Waals surface area contributed by atoms with Gasteiger partial charge in [0.1, 0.15) is 5.82 Å². The summed E-state index contributed by atoms with van der Waals surface area (Å²) in [5.74, 6) is 0.701. The smallest absolute Gasteiger partial charge is 0.123 e. The minimum absolute atomic E-state index is 0.130. The van der Waals surface area contributed by atoms with E-state index in [2.05, 4.69) is 0 Å². The van der Waals surface area contributed by atoms with E-state index in [1.165, 1.54) is 56.1 Å². The topological polar surface area (TPSA) is 0 Å². The number of hydrogen-bond acceptors (Lipinski definition) is 0. The average molecular weight is 230 g/mol. The average Bonchev–Trinajstić information content (AvgIpc) is 3.00. The van der Waals surface area contributed by atoms with Crippen molar-refractivity contribution in [3.8, 4) is 0 Å². The monoisotopic (exact) mass is 230 g/mol. The van der Waals surface area contributed by atoms with Crippen LogP contribution in [0.5, 0.6) is 0 Å². The molecule has 2 aliphatic rings. The first-order valence-corrected chi connectivity index (χ1v) is 6.82. The first-order valence-electron chi connectivity index (χ1n) is 6.82. The summed E-state index contributed by atoms with van der Waals surface area (Å²) in [6.07, 6.45) is 9.29. The van der Waals surface area contributed by atoms with Crippen LogP contribution >= 0.6 is 0 Å². The third-order valence-corrected chi connectivity index (χ3v) is 4.30. The fourth-order valence-electron chi connectivity index (χ4n) is 3.47. The normalized spacial score (nSPS) is 21.5. The molecule has 1 aromatic rings. The molecule has 0 nitrogen and oxygen atoms in total. The van der Waals surface area contributed by atoms with Crippen molar-refractivity contribution in [3.05, 3.63) is 41.2 Å². The molecular formula is C16H19F. The molecule has 0 radical (unpaired) electrons. The lowest BCUT2D eigenvalue weighted by molar-refractivity contribution is 0.621. The molecular weight excluding hydrogens is 211 g/mol. The summed E-state index contributed by atoms with van der Waals surface area (Å²) in [5, 5.41) is 0. The largest absolute Gasteiger partial charge is 0.207 e. The van der Waals surface area contributed by atoms with Crippen molar-refractivity contribution in [2.45, 2.75) is 44.9 Å². The molecule has 0 N–H and O–H groups in total. The third-order valence-electron chi connectivity index (χ3n) is 4.30. The molecule has 0 aliphatic heterocycles. The molecule has 0 heterocycles. The zero-order valence-electron chi connectivity index (χ0n) is 10.2. The van der Waals surface area contributed by atoms with Crippen LogP contribution in [0.2, 0.25) is 0 Å². The fourth-order valence-corrected chi connectivity index (χ4v) is 3.47. The third kappa shape index (κ3) is 2.15. The molecule has 1 heteroatoms. The number of rotatable bonds is 2. The Kier molecular flexibility index (Phi) is 3.00. The van der Waals surface area contributed by atoms with Crippen LogP contribution in [0.25, 0.3) is 5.57 Å². The van der Waals surface area contributed by atoms with Crippen LogP contribution in [0.3, 0.4) is 0 Å². The first kappa shape index (κ1) is 11.0. The lowest BCUT2D eigenvalue weighted by atomic mass is 9.91. The van der Waals surface area contributed by atoms with Crippen molar-refractivity contribution in [2.24, 2.45) is 5.92 Å². The highest BCUT2D eigenvalue weighted by Gasteiger charge is 2.25. The first-order chi connectivity index (χ1) is 8.34. The van der Waals surface area contributed by atoms with E-state index < -0.39 is 0 Å². The maximum atomic E-state index is 13.0. The Morgan fingerprint density at radius 2 is 1.59 bits per heavy atom. The zero-order valence-corrected chi connectivity index (χ0v) is 10.2. The Bertz CT molecular complexity index is 421. The molecule has 0 aromatic heterocycles. The summed E-state index contributed by atoms with van der Waals surface area (Å²) in [4.78, 5) is 0. The summed E-state index contributed by atoms with van der Waals surface area (Å²) < 4.78 is 13.0. The van der Waals surface area contributed by atoms with Crippen molar-refractivity contribution in [1.29, 1.82) is 0 Å². The van der Waals surface area contributed by atoms with Gasteiger partial charge >= 0.3 is 0 Å². The number of benzene rings is 1. The van der Waals surface area contributed by atoms with Gasteiger partial charge in [-0.05, 0) is 61.3 Å². The van der Waals surface area contributed by atoms with Crippen LogP contribution in [-0.2, 0) is 0 Å². The van der Waals surface area contributed by atoms with E-state index in [4.69, 9.17) is 0 Å². The van der Waals surface area contributed by atoms with Gasteiger partial charge in [0.25, 0.3) is 0 Å². The van der Waals surface area contributed by atoms with Crippen molar-refractivity contribution in [3.63, 3.8) is 0 Å². The van der Waals surface area contributed by atoms with Gasteiger partial charge in [-0.1, -0.05) is 30.5 Å². The molecule has 90 valence electrons. The Balaban J connectivity index is 1.93. The lowest BCUT2D eigenvalue weighted by Gasteiger charge is -2.14. The standard InChI is InChI=1S/C16H19F/c17-14-10-8-13(9-11-14)16-7-3-6-15(16)12-4-1-2-5-12/h8-12H,1-7H2. The van der Waals surface area contributed by atoms with Crippen LogP contribution in [-0.4, -0.2) is 0 Å². The van der Waals surface area contributed by atoms with Crippen molar-refractivity contribution >= 4 is 5.57 Å². The molecule has 0 spiro atoms. The summed E-state index contributed by atoms with van der Waals surface area (Å²) >= 11 is 0. The van der Waals surface area contributed by atoms with Gasteiger partial charge < -0.3 is 0 Å². The molecule has 0 atom stereocenters. The van der Waals surface area contributed by atoms with Gasteiger partial charge in [-0.25, -0.2) is 4.39 Å². The quantitative estimate of drug-likeness (QED) is 0.674. The predicted molar refractivity (Wildman–Crippen MR) is 69.1 cm³/mol. The molecule has 0 unspecified atom stereocenters. The Hall–Kier alpha value is -1.11. The van der Waals surface area contributed by atoms with E-state index in [-0.39, 0.29) is 5.82 Å². The van der Waals surface area contributed by atoms with Crippen LogP contribution in [0.15, 0.2) is 29.8 Å². The molecule has 0 amide bonds. The Labute approximate surface area is 103 Å². The number of allylic oxidation sites excluding steroid dienone is 2. The second-order valence-electron chi connectivity index (χ2n) is 5.35. The molecule has 3 rings (SSSR count). The van der Waals surface area contributed by atoms with E-state index in [1.807, 2.05) is 12.1 Å². The second kappa shape index (κ2) is 4.64. The van der Waals surface area contributed by atoms with Gasteiger partial charge in [0.2, 0.25) is 0 Å². The molecule has 2 aliphatic carbocycles. The lowest BCUT2D eigenvalue weighted by Crippen LogP contribution is -1.98. The van der Waals surface area contributed by atoms with Gasteiger partial charge in [-0.2, -0.15) is 0 Å². The molecule has 1 aromatic carbocycles. The number of halogens is 1. The predicted octanol–water partition coefficient (Wildman–Crippen LogP) is 4.95. The molecule has 0 bridgehead atoms. The summed E-state index contributed by atoms with van der Waals surface area (Å²) in [6.45, 7) is 0. The van der Waals surface area contributed by atoms with Crippen LogP contribution in [0, 0.1) is 11.7 Å². The van der Waals surface area contributed by atoms with Crippen molar-refractivity contribution in [1.82, 2.24) is 0 Å². The van der Waals surface area contributed by atoms with Crippen LogP contribution < -0.4 is 0 Å². The van der Waals surface area contributed by atoms with E-state index in [9.17, 15) is 4.39 Å². The summed E-state index contributed by atoms with van der Waals surface area (Å²) in [6, 6.07) is 7.08. The highest BCUT2D eigenvalue weighted by atomic mass is 19.1. The molecule has 0 saturated heterocycles. The van der Waals surface area contributed by atoms with E-state index in [0.717, 1.165) is 5.92 Å². The van der Waals surface area contributed by atoms with Crippen molar-refractivity contribution in [2.75, 3.05) is 0 Å². The minimum Gasteiger partial charge on any atom is -0.207 e. The molecule has 1 fully saturated rings. The van der Waals surface area contributed by atoms with E-state index >= 15 is 0 Å². The summed E-state index contributed by atoms with van der Waals surface area (Å²) in [5.41, 5.74) is 4.47. The Morgan fingerprint density at radius 3 is 2.29 bits per heavy atom. The Morgan fingerprint density at radius 1 is 0.882 bits per heavy atom. The van der Waals surface area contributed by atoms with E-state index in [1.54, 1.807) is 17.7 Å².